The van der Waals surface area contributed by atoms with Crippen molar-refractivity contribution < 1.29 is 14.3 Å². The molecule has 6 nitrogen and oxygen atoms in total. The third-order valence-electron chi connectivity index (χ3n) is 3.99. The van der Waals surface area contributed by atoms with Gasteiger partial charge >= 0.3 is 0 Å². The van der Waals surface area contributed by atoms with Gasteiger partial charge in [0.15, 0.2) is 0 Å². The van der Waals surface area contributed by atoms with Crippen LogP contribution >= 0.6 is 0 Å². The zero-order valence-electron chi connectivity index (χ0n) is 13.2. The van der Waals surface area contributed by atoms with Crippen LogP contribution < -0.4 is 5.32 Å². The van der Waals surface area contributed by atoms with Crippen LogP contribution in [0.3, 0.4) is 0 Å². The number of aromatic amines is 1. The van der Waals surface area contributed by atoms with Gasteiger partial charge in [-0.15, -0.1) is 0 Å². The van der Waals surface area contributed by atoms with Gasteiger partial charge in [0.05, 0.1) is 30.3 Å². The molecule has 2 aromatic rings. The third-order valence-corrected chi connectivity index (χ3v) is 3.99. The van der Waals surface area contributed by atoms with Crippen molar-refractivity contribution in [1.29, 1.82) is 0 Å². The van der Waals surface area contributed by atoms with Crippen molar-refractivity contribution in [3.8, 4) is 0 Å². The Hall–Kier alpha value is -1.92. The quantitative estimate of drug-likeness (QED) is 0.728. The molecule has 0 spiro atoms. The lowest BCUT2D eigenvalue weighted by Gasteiger charge is -2.10. The van der Waals surface area contributed by atoms with E-state index in [1.165, 1.54) is 0 Å². The van der Waals surface area contributed by atoms with Crippen molar-refractivity contribution in [1.82, 2.24) is 15.5 Å². The van der Waals surface area contributed by atoms with E-state index in [1.54, 1.807) is 0 Å². The zero-order chi connectivity index (χ0) is 15.9. The lowest BCUT2D eigenvalue weighted by molar-refractivity contribution is -0.120. The number of hydrogen-bond acceptors (Lipinski definition) is 4. The summed E-state index contributed by atoms with van der Waals surface area (Å²) in [4.78, 5) is 12.0. The fourth-order valence-electron chi connectivity index (χ4n) is 2.76. The van der Waals surface area contributed by atoms with Gasteiger partial charge in [-0.1, -0.05) is 18.2 Å². The normalized spacial score (nSPS) is 17.7. The van der Waals surface area contributed by atoms with Crippen molar-refractivity contribution in [2.75, 3.05) is 26.4 Å². The maximum Gasteiger partial charge on any atom is 0.226 e. The number of rotatable bonds is 8. The van der Waals surface area contributed by atoms with Gasteiger partial charge in [-0.2, -0.15) is 5.10 Å². The Morgan fingerprint density at radius 3 is 3.22 bits per heavy atom. The van der Waals surface area contributed by atoms with Crippen LogP contribution in [-0.4, -0.2) is 48.6 Å². The van der Waals surface area contributed by atoms with E-state index in [-0.39, 0.29) is 12.0 Å². The molecule has 1 atom stereocenters. The van der Waals surface area contributed by atoms with Gasteiger partial charge < -0.3 is 14.8 Å². The minimum Gasteiger partial charge on any atom is -0.379 e. The fraction of sp³-hybridized carbons (Fsp3) is 0.529. The summed E-state index contributed by atoms with van der Waals surface area (Å²) in [6.45, 7) is 2.78. The smallest absolute Gasteiger partial charge is 0.226 e. The van der Waals surface area contributed by atoms with Crippen LogP contribution in [0.15, 0.2) is 24.3 Å². The molecule has 2 N–H and O–H groups in total. The summed E-state index contributed by atoms with van der Waals surface area (Å²) in [6, 6.07) is 7.79. The van der Waals surface area contributed by atoms with Crippen LogP contribution in [0.5, 0.6) is 0 Å². The minimum atomic E-state index is -0.00136. The molecule has 1 saturated heterocycles. The third kappa shape index (κ3) is 4.53. The topological polar surface area (TPSA) is 76.2 Å². The largest absolute Gasteiger partial charge is 0.379 e. The average Bonchev–Trinajstić information content (AvgIpc) is 3.21. The molecule has 3 rings (SSSR count). The van der Waals surface area contributed by atoms with Crippen molar-refractivity contribution >= 4 is 16.8 Å². The molecule has 0 aliphatic carbocycles. The van der Waals surface area contributed by atoms with E-state index in [4.69, 9.17) is 9.47 Å². The number of carbonyl (C=O) groups excluding carboxylic acids is 1. The molecule has 124 valence electrons. The molecular weight excluding hydrogens is 294 g/mol. The van der Waals surface area contributed by atoms with Crippen LogP contribution in [-0.2, 0) is 20.7 Å². The van der Waals surface area contributed by atoms with Crippen molar-refractivity contribution in [3.63, 3.8) is 0 Å². The van der Waals surface area contributed by atoms with Gasteiger partial charge in [-0.25, -0.2) is 0 Å². The number of aromatic nitrogens is 2. The molecular formula is C17H23N3O3. The van der Waals surface area contributed by atoms with E-state index < -0.39 is 0 Å². The molecule has 1 unspecified atom stereocenters. The number of benzene rings is 1. The second-order valence-electron chi connectivity index (χ2n) is 5.81. The van der Waals surface area contributed by atoms with E-state index in [1.807, 2.05) is 24.3 Å². The molecule has 1 fully saturated rings. The first-order valence-corrected chi connectivity index (χ1v) is 8.21. The Kier molecular flexibility index (Phi) is 5.60. The van der Waals surface area contributed by atoms with Crippen LogP contribution in [0, 0.1) is 0 Å². The highest BCUT2D eigenvalue weighted by molar-refractivity contribution is 5.87. The predicted molar refractivity (Wildman–Crippen MR) is 87.2 cm³/mol. The number of fused-ring (bicyclic) bond motifs is 1. The monoisotopic (exact) mass is 317 g/mol. The first kappa shape index (κ1) is 16.0. The lowest BCUT2D eigenvalue weighted by atomic mass is 10.1. The number of hydrogen-bond donors (Lipinski definition) is 2. The lowest BCUT2D eigenvalue weighted by Crippen LogP contribution is -2.27. The van der Waals surface area contributed by atoms with E-state index in [0.29, 0.717) is 26.2 Å². The molecule has 2 heterocycles. The highest BCUT2D eigenvalue weighted by Gasteiger charge is 2.15. The van der Waals surface area contributed by atoms with Crippen LogP contribution in [0.2, 0.25) is 0 Å². The van der Waals surface area contributed by atoms with Crippen LogP contribution in [0.4, 0.5) is 0 Å². The zero-order valence-corrected chi connectivity index (χ0v) is 13.2. The van der Waals surface area contributed by atoms with Crippen LogP contribution in [0.1, 0.15) is 25.0 Å². The first-order chi connectivity index (χ1) is 11.3. The second kappa shape index (κ2) is 8.08. The number of ether oxygens (including phenoxy) is 2. The van der Waals surface area contributed by atoms with E-state index >= 15 is 0 Å². The van der Waals surface area contributed by atoms with E-state index in [9.17, 15) is 4.79 Å². The van der Waals surface area contributed by atoms with Gasteiger partial charge in [-0.3, -0.25) is 9.89 Å². The fourth-order valence-corrected chi connectivity index (χ4v) is 2.76. The van der Waals surface area contributed by atoms with Gasteiger partial charge in [0.25, 0.3) is 0 Å². The minimum absolute atomic E-state index is 0.00136. The number of nitrogens with one attached hydrogen (secondary N) is 2. The average molecular weight is 317 g/mol. The molecule has 0 radical (unpaired) electrons. The standard InChI is InChI=1S/C17H23N3O3/c21-17(11-16-14-6-1-2-7-15(14)19-20-16)18-8-4-9-22-12-13-5-3-10-23-13/h1-2,6-7,13H,3-5,8-12H2,(H,18,21)(H,19,20). The van der Waals surface area contributed by atoms with E-state index in [0.717, 1.165) is 42.5 Å². The summed E-state index contributed by atoms with van der Waals surface area (Å²) in [6.07, 6.45) is 3.61. The number of nitrogens with zero attached hydrogens (tertiary/aromatic N) is 1. The molecule has 1 amide bonds. The van der Waals surface area contributed by atoms with Gasteiger partial charge in [0.2, 0.25) is 5.91 Å². The van der Waals surface area contributed by atoms with Gasteiger partial charge in [0, 0.05) is 25.1 Å². The van der Waals surface area contributed by atoms with Crippen molar-refractivity contribution in [2.24, 2.45) is 0 Å². The highest BCUT2D eigenvalue weighted by Crippen LogP contribution is 2.15. The maximum absolute atomic E-state index is 12.0. The summed E-state index contributed by atoms with van der Waals surface area (Å²) >= 11 is 0. The SMILES string of the molecule is O=C(Cc1[nH]nc2ccccc12)NCCCOCC1CCCO1. The summed E-state index contributed by atoms with van der Waals surface area (Å²) < 4.78 is 11.1. The molecule has 1 aliphatic heterocycles. The summed E-state index contributed by atoms with van der Waals surface area (Å²) in [5.74, 6) is -0.00136. The summed E-state index contributed by atoms with van der Waals surface area (Å²) in [7, 11) is 0. The Bertz CT molecular complexity index is 635. The molecule has 0 saturated carbocycles. The number of para-hydroxylation sites is 1. The van der Waals surface area contributed by atoms with Crippen LogP contribution in [0.25, 0.3) is 10.9 Å². The Morgan fingerprint density at radius 1 is 1.43 bits per heavy atom. The van der Waals surface area contributed by atoms with E-state index in [2.05, 4.69) is 15.5 Å². The highest BCUT2D eigenvalue weighted by atomic mass is 16.5. The summed E-state index contributed by atoms with van der Waals surface area (Å²) in [5.41, 5.74) is 1.74. The van der Waals surface area contributed by atoms with Crippen molar-refractivity contribution in [2.45, 2.75) is 31.8 Å². The second-order valence-corrected chi connectivity index (χ2v) is 5.81. The Balaban J connectivity index is 1.32. The molecule has 1 aromatic heterocycles. The Morgan fingerprint density at radius 2 is 2.35 bits per heavy atom. The molecule has 1 aliphatic rings. The number of amides is 1. The molecule has 23 heavy (non-hydrogen) atoms. The molecule has 1 aromatic carbocycles. The number of H-pyrrole nitrogens is 1. The predicted octanol–water partition coefficient (Wildman–Crippen LogP) is 1.81. The van der Waals surface area contributed by atoms with Gasteiger partial charge in [-0.05, 0) is 25.3 Å². The molecule has 6 heteroatoms. The molecule has 0 bridgehead atoms. The van der Waals surface area contributed by atoms with Crippen molar-refractivity contribution in [3.05, 3.63) is 30.0 Å². The Labute approximate surface area is 135 Å². The van der Waals surface area contributed by atoms with Gasteiger partial charge in [0.1, 0.15) is 0 Å². The maximum atomic E-state index is 12.0. The number of carbonyl (C=O) groups is 1. The summed E-state index contributed by atoms with van der Waals surface area (Å²) in [5, 5.41) is 11.0. The first-order valence-electron chi connectivity index (χ1n) is 8.21.